The molecule has 1 aliphatic rings. The second-order valence-corrected chi connectivity index (χ2v) is 6.71. The Bertz CT molecular complexity index is 976. The molecule has 0 fully saturated rings. The molecule has 138 valence electrons. The Morgan fingerprint density at radius 2 is 2.04 bits per heavy atom. The van der Waals surface area contributed by atoms with Crippen LogP contribution in [0.4, 0.5) is 10.1 Å². The maximum Gasteiger partial charge on any atom is 0.193 e. The summed E-state index contributed by atoms with van der Waals surface area (Å²) in [6.45, 7) is 0.532. The van der Waals surface area contributed by atoms with Crippen LogP contribution in [0, 0.1) is 5.82 Å². The number of hydrogen-bond donors (Lipinski definition) is 2. The predicted octanol–water partition coefficient (Wildman–Crippen LogP) is 3.47. The first-order valence-corrected chi connectivity index (χ1v) is 9.16. The molecular formula is C21H22FN5. The first kappa shape index (κ1) is 17.3. The topological polar surface area (TPSA) is 68.2 Å². The quantitative estimate of drug-likeness (QED) is 0.539. The van der Waals surface area contributed by atoms with Gasteiger partial charge in [-0.3, -0.25) is 4.99 Å². The number of fused-ring (bicyclic) bond motifs is 1. The molecule has 0 atom stereocenters. The lowest BCUT2D eigenvalue weighted by molar-refractivity contribution is 0.625. The van der Waals surface area contributed by atoms with E-state index in [1.807, 2.05) is 24.4 Å². The fourth-order valence-electron chi connectivity index (χ4n) is 3.39. The number of nitrogens with two attached hydrogens (primary N) is 1. The van der Waals surface area contributed by atoms with Gasteiger partial charge in [0.2, 0.25) is 0 Å². The van der Waals surface area contributed by atoms with E-state index < -0.39 is 0 Å². The van der Waals surface area contributed by atoms with Crippen molar-refractivity contribution in [2.45, 2.75) is 25.7 Å². The van der Waals surface area contributed by atoms with Crippen molar-refractivity contribution in [2.75, 3.05) is 11.9 Å². The molecule has 0 amide bonds. The van der Waals surface area contributed by atoms with Crippen molar-refractivity contribution in [2.24, 2.45) is 10.7 Å². The average Bonchev–Trinajstić information content (AvgIpc) is 3.30. The summed E-state index contributed by atoms with van der Waals surface area (Å²) in [6, 6.07) is 14.6. The number of aryl methyl sites for hydroxylation is 2. The number of halogens is 1. The minimum absolute atomic E-state index is 0.278. The van der Waals surface area contributed by atoms with Crippen molar-refractivity contribution in [1.29, 1.82) is 0 Å². The maximum atomic E-state index is 13.3. The molecule has 0 bridgehead atoms. The van der Waals surface area contributed by atoms with E-state index in [0.29, 0.717) is 24.6 Å². The number of hydrogen-bond acceptors (Lipinski definition) is 2. The van der Waals surface area contributed by atoms with E-state index in [1.54, 1.807) is 10.7 Å². The summed E-state index contributed by atoms with van der Waals surface area (Å²) < 4.78 is 15.0. The van der Waals surface area contributed by atoms with Gasteiger partial charge < -0.3 is 11.1 Å². The Balaban J connectivity index is 1.33. The fourth-order valence-corrected chi connectivity index (χ4v) is 3.39. The molecule has 1 aromatic heterocycles. The van der Waals surface area contributed by atoms with E-state index in [1.165, 1.54) is 36.1 Å². The van der Waals surface area contributed by atoms with Crippen LogP contribution in [0.3, 0.4) is 0 Å². The molecule has 5 nitrogen and oxygen atoms in total. The summed E-state index contributed by atoms with van der Waals surface area (Å²) in [5.41, 5.74) is 11.4. The van der Waals surface area contributed by atoms with Gasteiger partial charge >= 0.3 is 0 Å². The number of benzene rings is 2. The van der Waals surface area contributed by atoms with Gasteiger partial charge in [-0.1, -0.05) is 12.1 Å². The van der Waals surface area contributed by atoms with Crippen LogP contribution in [-0.2, 0) is 19.3 Å². The number of guanidine groups is 1. The maximum absolute atomic E-state index is 13.3. The van der Waals surface area contributed by atoms with Crippen molar-refractivity contribution in [3.63, 3.8) is 0 Å². The first-order valence-electron chi connectivity index (χ1n) is 9.16. The molecule has 2 aromatic carbocycles. The average molecular weight is 363 g/mol. The summed E-state index contributed by atoms with van der Waals surface area (Å²) in [5.74, 6) is 0.122. The van der Waals surface area contributed by atoms with E-state index in [9.17, 15) is 4.39 Å². The van der Waals surface area contributed by atoms with Gasteiger partial charge in [-0.05, 0) is 66.8 Å². The Hall–Kier alpha value is -3.15. The lowest BCUT2D eigenvalue weighted by Gasteiger charge is -2.07. The zero-order chi connectivity index (χ0) is 18.6. The minimum atomic E-state index is -0.278. The first-order chi connectivity index (χ1) is 13.2. The zero-order valence-corrected chi connectivity index (χ0v) is 15.0. The Morgan fingerprint density at radius 3 is 2.93 bits per heavy atom. The third kappa shape index (κ3) is 4.16. The molecule has 0 unspecified atom stereocenters. The Kier molecular flexibility index (Phi) is 4.87. The van der Waals surface area contributed by atoms with E-state index in [0.717, 1.165) is 17.8 Å². The number of aromatic nitrogens is 2. The lowest BCUT2D eigenvalue weighted by atomic mass is 10.1. The van der Waals surface area contributed by atoms with Crippen LogP contribution in [0.2, 0.25) is 0 Å². The van der Waals surface area contributed by atoms with Crippen molar-refractivity contribution in [3.8, 4) is 5.69 Å². The van der Waals surface area contributed by atoms with Crippen LogP contribution in [-0.4, -0.2) is 22.3 Å². The Labute approximate surface area is 157 Å². The number of rotatable bonds is 5. The molecule has 0 saturated heterocycles. The monoisotopic (exact) mass is 363 g/mol. The van der Waals surface area contributed by atoms with Crippen molar-refractivity contribution in [3.05, 3.63) is 77.4 Å². The fraction of sp³-hybridized carbons (Fsp3) is 0.238. The highest BCUT2D eigenvalue weighted by Crippen LogP contribution is 2.24. The smallest absolute Gasteiger partial charge is 0.193 e. The third-order valence-electron chi connectivity index (χ3n) is 4.74. The molecule has 3 aromatic rings. The number of anilines is 1. The van der Waals surface area contributed by atoms with Crippen LogP contribution in [0.1, 0.15) is 23.2 Å². The van der Waals surface area contributed by atoms with Gasteiger partial charge in [0, 0.05) is 24.8 Å². The van der Waals surface area contributed by atoms with E-state index in [2.05, 4.69) is 27.5 Å². The van der Waals surface area contributed by atoms with Gasteiger partial charge in [0.05, 0.1) is 11.4 Å². The standard InChI is InChI=1S/C21H22FN5/c22-17-5-2-6-20(14-17)27-12-10-18(26-27)9-11-24-21(23)25-19-8-7-15-3-1-4-16(15)13-19/h2,5-8,10,12-14H,1,3-4,9,11H2,(H3,23,24,25). The molecule has 0 spiro atoms. The highest BCUT2D eigenvalue weighted by Gasteiger charge is 2.10. The highest BCUT2D eigenvalue weighted by molar-refractivity contribution is 5.92. The summed E-state index contributed by atoms with van der Waals surface area (Å²) >= 11 is 0. The Morgan fingerprint density at radius 1 is 1.15 bits per heavy atom. The van der Waals surface area contributed by atoms with Crippen LogP contribution in [0.15, 0.2) is 59.7 Å². The van der Waals surface area contributed by atoms with Gasteiger partial charge in [-0.2, -0.15) is 5.10 Å². The molecule has 3 N–H and O–H groups in total. The minimum Gasteiger partial charge on any atom is -0.370 e. The van der Waals surface area contributed by atoms with E-state index in [4.69, 9.17) is 5.73 Å². The summed E-state index contributed by atoms with van der Waals surface area (Å²) in [7, 11) is 0. The molecule has 6 heteroatoms. The largest absolute Gasteiger partial charge is 0.370 e. The second kappa shape index (κ2) is 7.61. The summed E-state index contributed by atoms with van der Waals surface area (Å²) in [6.07, 6.45) is 6.01. The molecule has 0 radical (unpaired) electrons. The third-order valence-corrected chi connectivity index (χ3v) is 4.74. The van der Waals surface area contributed by atoms with Crippen LogP contribution in [0.5, 0.6) is 0 Å². The highest BCUT2D eigenvalue weighted by atomic mass is 19.1. The van der Waals surface area contributed by atoms with Gasteiger partial charge in [0.25, 0.3) is 0 Å². The normalized spacial score (nSPS) is 13.6. The number of aliphatic imine (C=N–C) groups is 1. The van der Waals surface area contributed by atoms with Crippen molar-refractivity contribution in [1.82, 2.24) is 9.78 Å². The van der Waals surface area contributed by atoms with E-state index >= 15 is 0 Å². The number of nitrogens with one attached hydrogen (secondary N) is 1. The predicted molar refractivity (Wildman–Crippen MR) is 106 cm³/mol. The van der Waals surface area contributed by atoms with Crippen LogP contribution < -0.4 is 11.1 Å². The molecule has 27 heavy (non-hydrogen) atoms. The summed E-state index contributed by atoms with van der Waals surface area (Å²) in [5, 5.41) is 7.62. The van der Waals surface area contributed by atoms with Crippen LogP contribution in [0.25, 0.3) is 5.69 Å². The number of nitrogens with zero attached hydrogens (tertiary/aromatic N) is 3. The van der Waals surface area contributed by atoms with Gasteiger partial charge in [-0.15, -0.1) is 0 Å². The lowest BCUT2D eigenvalue weighted by Crippen LogP contribution is -2.23. The van der Waals surface area contributed by atoms with Crippen molar-refractivity contribution < 1.29 is 4.39 Å². The second-order valence-electron chi connectivity index (χ2n) is 6.71. The van der Waals surface area contributed by atoms with Gasteiger partial charge in [0.15, 0.2) is 5.96 Å². The molecule has 0 saturated carbocycles. The van der Waals surface area contributed by atoms with Crippen LogP contribution >= 0.6 is 0 Å². The molecule has 1 heterocycles. The van der Waals surface area contributed by atoms with Crippen molar-refractivity contribution >= 4 is 11.6 Å². The zero-order valence-electron chi connectivity index (χ0n) is 15.0. The molecule has 0 aliphatic heterocycles. The molecule has 1 aliphatic carbocycles. The SMILES string of the molecule is NC(=NCCc1ccn(-c2cccc(F)c2)n1)Nc1ccc2c(c1)CCC2. The molecule has 4 rings (SSSR count). The molecular weight excluding hydrogens is 341 g/mol. The summed E-state index contributed by atoms with van der Waals surface area (Å²) in [4.78, 5) is 4.38. The van der Waals surface area contributed by atoms with Gasteiger partial charge in [-0.25, -0.2) is 9.07 Å². The van der Waals surface area contributed by atoms with Gasteiger partial charge in [0.1, 0.15) is 5.82 Å². The van der Waals surface area contributed by atoms with E-state index in [-0.39, 0.29) is 5.82 Å².